The number of hydrogen-bond donors (Lipinski definition) is 1. The highest BCUT2D eigenvalue weighted by Gasteiger charge is 2.18. The lowest BCUT2D eigenvalue weighted by molar-refractivity contribution is 0.0757. The van der Waals surface area contributed by atoms with Gasteiger partial charge in [0.15, 0.2) is 0 Å². The number of anilines is 1. The molecule has 0 aliphatic rings. The third-order valence-electron chi connectivity index (χ3n) is 4.12. The number of hydrogen-bond acceptors (Lipinski definition) is 4. The van der Waals surface area contributed by atoms with Crippen LogP contribution in [0, 0.1) is 5.82 Å². The third kappa shape index (κ3) is 7.47. The summed E-state index contributed by atoms with van der Waals surface area (Å²) in [6.45, 7) is 5.05. The molecule has 2 aromatic rings. The number of sulfonamides is 1. The zero-order chi connectivity index (χ0) is 21.4. The Balaban J connectivity index is 2.03. The van der Waals surface area contributed by atoms with Crippen LogP contribution < -0.4 is 9.62 Å². The van der Waals surface area contributed by atoms with Crippen molar-refractivity contribution >= 4 is 21.6 Å². The van der Waals surface area contributed by atoms with Crippen LogP contribution in [0.2, 0.25) is 0 Å². The fourth-order valence-corrected chi connectivity index (χ4v) is 3.52. The van der Waals surface area contributed by atoms with Gasteiger partial charge in [0.25, 0.3) is 5.91 Å². The van der Waals surface area contributed by atoms with E-state index in [-0.39, 0.29) is 24.4 Å². The first-order chi connectivity index (χ1) is 13.7. The van der Waals surface area contributed by atoms with E-state index < -0.39 is 10.0 Å². The van der Waals surface area contributed by atoms with Gasteiger partial charge in [0, 0.05) is 18.7 Å². The maximum Gasteiger partial charge on any atom is 0.251 e. The van der Waals surface area contributed by atoms with E-state index in [4.69, 9.17) is 4.74 Å². The summed E-state index contributed by atoms with van der Waals surface area (Å²) in [6, 6.07) is 12.0. The van der Waals surface area contributed by atoms with Gasteiger partial charge >= 0.3 is 0 Å². The molecule has 0 fully saturated rings. The third-order valence-corrected chi connectivity index (χ3v) is 5.26. The fourth-order valence-electron chi connectivity index (χ4n) is 2.63. The van der Waals surface area contributed by atoms with Crippen LogP contribution in [0.3, 0.4) is 0 Å². The Morgan fingerprint density at radius 3 is 2.28 bits per heavy atom. The van der Waals surface area contributed by atoms with Gasteiger partial charge in [0.1, 0.15) is 5.82 Å². The van der Waals surface area contributed by atoms with Gasteiger partial charge in [-0.3, -0.25) is 9.10 Å². The highest BCUT2D eigenvalue weighted by atomic mass is 32.2. The molecular weight excluding hydrogens is 395 g/mol. The van der Waals surface area contributed by atoms with Gasteiger partial charge in [0.05, 0.1) is 24.6 Å². The molecule has 1 N–H and O–H groups in total. The van der Waals surface area contributed by atoms with Crippen LogP contribution in [0.1, 0.15) is 36.2 Å². The molecule has 2 rings (SSSR count). The number of amides is 1. The van der Waals surface area contributed by atoms with Gasteiger partial charge < -0.3 is 10.1 Å². The summed E-state index contributed by atoms with van der Waals surface area (Å²) in [5.41, 5.74) is 1.52. The molecule has 0 spiro atoms. The second-order valence-electron chi connectivity index (χ2n) is 6.97. The van der Waals surface area contributed by atoms with E-state index in [9.17, 15) is 17.6 Å². The van der Waals surface area contributed by atoms with Crippen molar-refractivity contribution in [2.24, 2.45) is 0 Å². The maximum atomic E-state index is 13.1. The number of halogens is 1. The highest BCUT2D eigenvalue weighted by molar-refractivity contribution is 7.92. The normalized spacial score (nSPS) is 11.5. The molecular formula is C21H27FN2O4S. The number of benzene rings is 2. The maximum absolute atomic E-state index is 13.1. The molecule has 2 aromatic carbocycles. The monoisotopic (exact) mass is 422 g/mol. The van der Waals surface area contributed by atoms with Crippen LogP contribution in [0.4, 0.5) is 10.1 Å². The summed E-state index contributed by atoms with van der Waals surface area (Å²) in [7, 11) is -3.56. The first kappa shape index (κ1) is 22.8. The van der Waals surface area contributed by atoms with Crippen molar-refractivity contribution in [2.45, 2.75) is 32.9 Å². The quantitative estimate of drug-likeness (QED) is 0.596. The van der Waals surface area contributed by atoms with E-state index in [0.29, 0.717) is 36.4 Å². The molecule has 0 saturated heterocycles. The minimum atomic E-state index is -3.56. The lowest BCUT2D eigenvalue weighted by Crippen LogP contribution is -2.29. The topological polar surface area (TPSA) is 75.7 Å². The molecule has 29 heavy (non-hydrogen) atoms. The van der Waals surface area contributed by atoms with Crippen molar-refractivity contribution in [1.29, 1.82) is 0 Å². The average molecular weight is 423 g/mol. The van der Waals surface area contributed by atoms with Crippen LogP contribution in [0.5, 0.6) is 0 Å². The van der Waals surface area contributed by atoms with Gasteiger partial charge in [-0.15, -0.1) is 0 Å². The number of nitrogens with zero attached hydrogens (tertiary/aromatic N) is 1. The van der Waals surface area contributed by atoms with Crippen LogP contribution >= 0.6 is 0 Å². The second-order valence-corrected chi connectivity index (χ2v) is 8.88. The number of rotatable bonds is 10. The zero-order valence-corrected chi connectivity index (χ0v) is 17.7. The standard InChI is InChI=1S/C21H27FN2O4S/c1-16(2)28-14-4-13-23-21(25)18-7-11-20(12-8-18)24(29(3,26)27)15-17-5-9-19(22)10-6-17/h5-12,16H,4,13-15H2,1-3H3,(H,23,25). The fraction of sp³-hybridized carbons (Fsp3) is 0.381. The van der Waals surface area contributed by atoms with Crippen LogP contribution in [0.25, 0.3) is 0 Å². The Kier molecular flexibility index (Phi) is 8.16. The van der Waals surface area contributed by atoms with Crippen molar-refractivity contribution in [3.8, 4) is 0 Å². The van der Waals surface area contributed by atoms with Gasteiger partial charge in [-0.25, -0.2) is 12.8 Å². The second kappa shape index (κ2) is 10.4. The lowest BCUT2D eigenvalue weighted by Gasteiger charge is -2.22. The van der Waals surface area contributed by atoms with Gasteiger partial charge in [-0.05, 0) is 62.2 Å². The molecule has 8 heteroatoms. The Hall–Kier alpha value is -2.45. The molecule has 0 atom stereocenters. The molecule has 0 unspecified atom stereocenters. The van der Waals surface area contributed by atoms with Crippen molar-refractivity contribution in [3.05, 3.63) is 65.5 Å². The molecule has 0 saturated carbocycles. The Labute approximate surface area is 171 Å². The Morgan fingerprint density at radius 2 is 1.72 bits per heavy atom. The highest BCUT2D eigenvalue weighted by Crippen LogP contribution is 2.21. The van der Waals surface area contributed by atoms with E-state index in [1.54, 1.807) is 36.4 Å². The van der Waals surface area contributed by atoms with Crippen LogP contribution in [0.15, 0.2) is 48.5 Å². The number of ether oxygens (including phenoxy) is 1. The summed E-state index contributed by atoms with van der Waals surface area (Å²) in [5.74, 6) is -0.615. The summed E-state index contributed by atoms with van der Waals surface area (Å²) in [5, 5.41) is 2.81. The minimum absolute atomic E-state index is 0.0699. The predicted octanol–water partition coefficient (Wildman–Crippen LogP) is 3.34. The van der Waals surface area contributed by atoms with Crippen LogP contribution in [-0.2, 0) is 21.3 Å². The SMILES string of the molecule is CC(C)OCCCNC(=O)c1ccc(N(Cc2ccc(F)cc2)S(C)(=O)=O)cc1. The summed E-state index contributed by atoms with van der Waals surface area (Å²) in [4.78, 5) is 12.2. The Morgan fingerprint density at radius 1 is 1.10 bits per heavy atom. The Bertz CT molecular complexity index is 897. The minimum Gasteiger partial charge on any atom is -0.379 e. The molecule has 0 heterocycles. The molecule has 0 radical (unpaired) electrons. The number of carbonyl (C=O) groups is 1. The van der Waals surface area contributed by atoms with E-state index >= 15 is 0 Å². The molecule has 0 aliphatic carbocycles. The van der Waals surface area contributed by atoms with E-state index in [2.05, 4.69) is 5.32 Å². The average Bonchev–Trinajstić information content (AvgIpc) is 2.66. The van der Waals surface area contributed by atoms with E-state index in [1.165, 1.54) is 16.4 Å². The first-order valence-electron chi connectivity index (χ1n) is 9.39. The van der Waals surface area contributed by atoms with Crippen molar-refractivity contribution in [3.63, 3.8) is 0 Å². The van der Waals surface area contributed by atoms with Crippen molar-refractivity contribution < 1.29 is 22.3 Å². The van der Waals surface area contributed by atoms with E-state index in [1.807, 2.05) is 13.8 Å². The molecule has 158 valence electrons. The molecule has 0 aromatic heterocycles. The molecule has 6 nitrogen and oxygen atoms in total. The van der Waals surface area contributed by atoms with Crippen LogP contribution in [-0.4, -0.2) is 39.8 Å². The first-order valence-corrected chi connectivity index (χ1v) is 11.2. The van der Waals surface area contributed by atoms with E-state index in [0.717, 1.165) is 6.26 Å². The lowest BCUT2D eigenvalue weighted by atomic mass is 10.1. The molecule has 0 bridgehead atoms. The largest absolute Gasteiger partial charge is 0.379 e. The van der Waals surface area contributed by atoms with Gasteiger partial charge in [-0.2, -0.15) is 0 Å². The number of nitrogens with one attached hydrogen (secondary N) is 1. The molecule has 0 aliphatic heterocycles. The van der Waals surface area contributed by atoms with Crippen molar-refractivity contribution in [1.82, 2.24) is 5.32 Å². The molecule has 1 amide bonds. The summed E-state index contributed by atoms with van der Waals surface area (Å²) >= 11 is 0. The predicted molar refractivity (Wildman–Crippen MR) is 112 cm³/mol. The number of carbonyl (C=O) groups excluding carboxylic acids is 1. The smallest absolute Gasteiger partial charge is 0.251 e. The summed E-state index contributed by atoms with van der Waals surface area (Å²) < 4.78 is 44.2. The summed E-state index contributed by atoms with van der Waals surface area (Å²) in [6.07, 6.45) is 1.98. The zero-order valence-electron chi connectivity index (χ0n) is 16.9. The van der Waals surface area contributed by atoms with Crippen molar-refractivity contribution in [2.75, 3.05) is 23.7 Å². The van der Waals surface area contributed by atoms with Gasteiger partial charge in [-0.1, -0.05) is 12.1 Å². The van der Waals surface area contributed by atoms with Gasteiger partial charge in [0.2, 0.25) is 10.0 Å².